The van der Waals surface area contributed by atoms with Gasteiger partial charge >= 0.3 is 0 Å². The Hall–Kier alpha value is -1.09. The van der Waals surface area contributed by atoms with Crippen molar-refractivity contribution in [3.05, 3.63) is 23.9 Å². The Labute approximate surface area is 129 Å². The molecule has 2 unspecified atom stereocenters. The molecule has 0 saturated heterocycles. The molecule has 1 aliphatic rings. The third-order valence-corrected chi connectivity index (χ3v) is 4.28. The summed E-state index contributed by atoms with van der Waals surface area (Å²) in [6.45, 7) is 8.54. The fourth-order valence-corrected chi connectivity index (χ4v) is 3.06. The molecule has 3 heteroatoms. The van der Waals surface area contributed by atoms with Crippen LogP contribution in [0.4, 0.5) is 0 Å². The lowest BCUT2D eigenvalue weighted by molar-refractivity contribution is 0.0856. The van der Waals surface area contributed by atoms with Crippen molar-refractivity contribution in [3.63, 3.8) is 0 Å². The first-order chi connectivity index (χ1) is 10.2. The molecular weight excluding hydrogens is 260 g/mol. The maximum Gasteiger partial charge on any atom is 0.213 e. The number of ether oxygens (including phenoxy) is 1. The highest BCUT2D eigenvalue weighted by molar-refractivity contribution is 5.16. The minimum atomic E-state index is 0.357. The topological polar surface area (TPSA) is 34.1 Å². The number of rotatable bonds is 7. The van der Waals surface area contributed by atoms with E-state index in [1.165, 1.54) is 32.1 Å². The molecule has 1 fully saturated rings. The minimum Gasteiger partial charge on any atom is -0.474 e. The molecule has 0 bridgehead atoms. The van der Waals surface area contributed by atoms with E-state index in [9.17, 15) is 0 Å². The normalized spacial score (nSPS) is 22.5. The number of nitrogens with one attached hydrogen (secondary N) is 1. The average molecular weight is 290 g/mol. The summed E-state index contributed by atoms with van der Waals surface area (Å²) in [6, 6.07) is 6.12. The highest BCUT2D eigenvalue weighted by atomic mass is 16.5. The van der Waals surface area contributed by atoms with Gasteiger partial charge in [-0.3, -0.25) is 0 Å². The van der Waals surface area contributed by atoms with Gasteiger partial charge in [-0.15, -0.1) is 0 Å². The van der Waals surface area contributed by atoms with E-state index in [-0.39, 0.29) is 0 Å². The van der Waals surface area contributed by atoms with Gasteiger partial charge in [-0.05, 0) is 50.1 Å². The van der Waals surface area contributed by atoms with E-state index in [2.05, 4.69) is 43.2 Å². The fraction of sp³-hybridized carbons (Fsp3) is 0.722. The van der Waals surface area contributed by atoms with Crippen molar-refractivity contribution in [2.45, 2.75) is 65.5 Å². The quantitative estimate of drug-likeness (QED) is 0.818. The van der Waals surface area contributed by atoms with Crippen molar-refractivity contribution >= 4 is 0 Å². The van der Waals surface area contributed by atoms with Crippen LogP contribution in [0.2, 0.25) is 0 Å². The molecule has 1 saturated carbocycles. The largest absolute Gasteiger partial charge is 0.474 e. The predicted octanol–water partition coefficient (Wildman–Crippen LogP) is 4.17. The molecule has 0 spiro atoms. The molecule has 0 amide bonds. The van der Waals surface area contributed by atoms with Gasteiger partial charge in [-0.1, -0.05) is 33.3 Å². The first-order valence-corrected chi connectivity index (χ1v) is 8.52. The molecule has 0 radical (unpaired) electrons. The lowest BCUT2D eigenvalue weighted by atomic mass is 9.85. The fourth-order valence-electron chi connectivity index (χ4n) is 3.06. The average Bonchev–Trinajstić information content (AvgIpc) is 2.48. The van der Waals surface area contributed by atoms with Gasteiger partial charge in [-0.2, -0.15) is 0 Å². The zero-order valence-corrected chi connectivity index (χ0v) is 13.8. The van der Waals surface area contributed by atoms with Crippen molar-refractivity contribution in [1.29, 1.82) is 0 Å². The zero-order valence-electron chi connectivity index (χ0n) is 13.8. The smallest absolute Gasteiger partial charge is 0.213 e. The molecule has 2 atom stereocenters. The molecule has 21 heavy (non-hydrogen) atoms. The van der Waals surface area contributed by atoms with Crippen molar-refractivity contribution in [2.75, 3.05) is 6.54 Å². The van der Waals surface area contributed by atoms with Gasteiger partial charge in [-0.25, -0.2) is 4.98 Å². The zero-order chi connectivity index (χ0) is 15.1. The van der Waals surface area contributed by atoms with Gasteiger partial charge < -0.3 is 10.1 Å². The molecule has 1 aliphatic carbocycles. The summed E-state index contributed by atoms with van der Waals surface area (Å²) in [4.78, 5) is 4.65. The summed E-state index contributed by atoms with van der Waals surface area (Å²) in [6.07, 6.45) is 6.68. The predicted molar refractivity (Wildman–Crippen MR) is 87.4 cm³/mol. The summed E-state index contributed by atoms with van der Waals surface area (Å²) in [5.41, 5.74) is 1.07. The molecule has 1 aromatic heterocycles. The van der Waals surface area contributed by atoms with E-state index in [1.807, 2.05) is 6.07 Å². The van der Waals surface area contributed by atoms with Crippen LogP contribution in [0.25, 0.3) is 0 Å². The Bertz CT molecular complexity index is 419. The van der Waals surface area contributed by atoms with Gasteiger partial charge in [0, 0.05) is 12.6 Å². The van der Waals surface area contributed by atoms with Crippen LogP contribution in [0.1, 0.15) is 58.6 Å². The maximum absolute atomic E-state index is 6.19. The van der Waals surface area contributed by atoms with Gasteiger partial charge in [0.15, 0.2) is 0 Å². The summed E-state index contributed by atoms with van der Waals surface area (Å²) < 4.78 is 6.19. The maximum atomic E-state index is 6.19. The van der Waals surface area contributed by atoms with Crippen LogP contribution in [0.5, 0.6) is 5.88 Å². The number of aromatic nitrogens is 1. The second-order valence-corrected chi connectivity index (χ2v) is 6.60. The number of pyridine rings is 1. The molecule has 0 aromatic carbocycles. The SMILES string of the molecule is CCC1CCCCC1Oc1cccc(CNCC(C)C)n1. The third-order valence-electron chi connectivity index (χ3n) is 4.28. The van der Waals surface area contributed by atoms with E-state index >= 15 is 0 Å². The standard InChI is InChI=1S/C18H30N2O/c1-4-15-8-5-6-10-17(15)21-18-11-7-9-16(20-18)13-19-12-14(2)3/h7,9,11,14-15,17,19H,4-6,8,10,12-13H2,1-3H3. The highest BCUT2D eigenvalue weighted by Crippen LogP contribution is 2.29. The molecule has 1 heterocycles. The molecule has 1 N–H and O–H groups in total. The monoisotopic (exact) mass is 290 g/mol. The third kappa shape index (κ3) is 5.31. The number of hydrogen-bond acceptors (Lipinski definition) is 3. The Morgan fingerprint density at radius 3 is 2.86 bits per heavy atom. The summed E-state index contributed by atoms with van der Waals surface area (Å²) >= 11 is 0. The van der Waals surface area contributed by atoms with Crippen LogP contribution >= 0.6 is 0 Å². The van der Waals surface area contributed by atoms with Gasteiger partial charge in [0.2, 0.25) is 5.88 Å². The van der Waals surface area contributed by atoms with Gasteiger partial charge in [0.1, 0.15) is 6.10 Å². The van der Waals surface area contributed by atoms with E-state index in [4.69, 9.17) is 4.74 Å². The van der Waals surface area contributed by atoms with Crippen LogP contribution in [0.15, 0.2) is 18.2 Å². The van der Waals surface area contributed by atoms with E-state index in [0.717, 1.165) is 24.7 Å². The van der Waals surface area contributed by atoms with Gasteiger partial charge in [0.25, 0.3) is 0 Å². The van der Waals surface area contributed by atoms with Crippen molar-refractivity contribution in [3.8, 4) is 5.88 Å². The van der Waals surface area contributed by atoms with Crippen LogP contribution in [-0.2, 0) is 6.54 Å². The van der Waals surface area contributed by atoms with Crippen LogP contribution in [0, 0.1) is 11.8 Å². The number of hydrogen-bond donors (Lipinski definition) is 1. The minimum absolute atomic E-state index is 0.357. The summed E-state index contributed by atoms with van der Waals surface area (Å²) in [5, 5.41) is 3.43. The van der Waals surface area contributed by atoms with Crippen LogP contribution in [-0.4, -0.2) is 17.6 Å². The first kappa shape index (κ1) is 16.3. The van der Waals surface area contributed by atoms with Crippen molar-refractivity contribution in [2.24, 2.45) is 11.8 Å². The Morgan fingerprint density at radius 2 is 2.10 bits per heavy atom. The van der Waals surface area contributed by atoms with Gasteiger partial charge in [0.05, 0.1) is 5.69 Å². The lowest BCUT2D eigenvalue weighted by Gasteiger charge is -2.30. The summed E-state index contributed by atoms with van der Waals surface area (Å²) in [7, 11) is 0. The molecule has 1 aromatic rings. The molecule has 118 valence electrons. The molecule has 2 rings (SSSR count). The Balaban J connectivity index is 1.90. The molecule has 3 nitrogen and oxygen atoms in total. The van der Waals surface area contributed by atoms with Crippen LogP contribution < -0.4 is 10.1 Å². The molecule has 0 aliphatic heterocycles. The Morgan fingerprint density at radius 1 is 1.29 bits per heavy atom. The summed E-state index contributed by atoms with van der Waals surface area (Å²) in [5.74, 6) is 2.16. The van der Waals surface area contributed by atoms with Crippen LogP contribution in [0.3, 0.4) is 0 Å². The second kappa shape index (κ2) is 8.38. The second-order valence-electron chi connectivity index (χ2n) is 6.60. The highest BCUT2D eigenvalue weighted by Gasteiger charge is 2.25. The van der Waals surface area contributed by atoms with E-state index in [1.54, 1.807) is 0 Å². The first-order valence-electron chi connectivity index (χ1n) is 8.52. The van der Waals surface area contributed by atoms with E-state index in [0.29, 0.717) is 17.9 Å². The van der Waals surface area contributed by atoms with Crippen molar-refractivity contribution < 1.29 is 4.74 Å². The lowest BCUT2D eigenvalue weighted by Crippen LogP contribution is -2.30. The molecular formula is C18H30N2O. The van der Waals surface area contributed by atoms with E-state index < -0.39 is 0 Å². The Kier molecular flexibility index (Phi) is 6.50. The van der Waals surface area contributed by atoms with Crippen molar-refractivity contribution in [1.82, 2.24) is 10.3 Å². The number of nitrogens with zero attached hydrogens (tertiary/aromatic N) is 1.